The van der Waals surface area contributed by atoms with Crippen LogP contribution in [0.3, 0.4) is 0 Å². The van der Waals surface area contributed by atoms with Gasteiger partial charge in [0.2, 0.25) is 11.8 Å². The lowest BCUT2D eigenvalue weighted by Crippen LogP contribution is -2.56. The van der Waals surface area contributed by atoms with Crippen molar-refractivity contribution in [2.45, 2.75) is 38.4 Å². The fraction of sp³-hybridized carbons (Fsp3) is 0.846. The molecular formula is C13H20F3N3O2. The molecule has 2 aliphatic rings. The highest BCUT2D eigenvalue weighted by Gasteiger charge is 2.61. The van der Waals surface area contributed by atoms with Crippen molar-refractivity contribution in [3.05, 3.63) is 0 Å². The van der Waals surface area contributed by atoms with Crippen LogP contribution in [0, 0.1) is 5.41 Å². The zero-order valence-electron chi connectivity index (χ0n) is 11.9. The minimum absolute atomic E-state index is 0.140. The molecule has 120 valence electrons. The summed E-state index contributed by atoms with van der Waals surface area (Å²) in [4.78, 5) is 25.7. The van der Waals surface area contributed by atoms with Gasteiger partial charge in [-0.1, -0.05) is 0 Å². The first-order chi connectivity index (χ1) is 9.78. The lowest BCUT2D eigenvalue weighted by molar-refractivity contribution is -0.216. The number of rotatable bonds is 3. The molecule has 0 bridgehead atoms. The predicted molar refractivity (Wildman–Crippen MR) is 69.4 cm³/mol. The van der Waals surface area contributed by atoms with E-state index in [9.17, 15) is 22.8 Å². The Hall–Kier alpha value is -1.31. The molecular weight excluding hydrogens is 287 g/mol. The molecule has 0 spiro atoms. The number of likely N-dealkylation sites (tertiary alicyclic amines) is 1. The maximum atomic E-state index is 13.2. The molecule has 5 nitrogen and oxygen atoms in total. The first-order valence-electron chi connectivity index (χ1n) is 7.15. The zero-order valence-corrected chi connectivity index (χ0v) is 11.9. The van der Waals surface area contributed by atoms with Crippen LogP contribution >= 0.6 is 0 Å². The molecule has 2 N–H and O–H groups in total. The number of nitrogens with zero attached hydrogens (tertiary/aromatic N) is 1. The van der Waals surface area contributed by atoms with Gasteiger partial charge in [-0.2, -0.15) is 13.2 Å². The maximum Gasteiger partial charge on any atom is 0.404 e. The summed E-state index contributed by atoms with van der Waals surface area (Å²) in [6.07, 6.45) is -3.14. The predicted octanol–water partition coefficient (Wildman–Crippen LogP) is 0.655. The largest absolute Gasteiger partial charge is 0.404 e. The Balaban J connectivity index is 2.03. The lowest BCUT2D eigenvalue weighted by atomic mass is 9.85. The number of nitrogens with one attached hydrogen (secondary N) is 2. The Morgan fingerprint density at radius 2 is 1.90 bits per heavy atom. The average molecular weight is 307 g/mol. The Morgan fingerprint density at radius 3 is 2.38 bits per heavy atom. The van der Waals surface area contributed by atoms with Gasteiger partial charge in [0.05, 0.1) is 0 Å². The van der Waals surface area contributed by atoms with Crippen molar-refractivity contribution >= 4 is 11.8 Å². The van der Waals surface area contributed by atoms with Gasteiger partial charge in [0, 0.05) is 19.6 Å². The number of hydrogen-bond acceptors (Lipinski definition) is 3. The summed E-state index contributed by atoms with van der Waals surface area (Å²) in [5.74, 6) is -1.43. The van der Waals surface area contributed by atoms with Crippen LogP contribution in [0.25, 0.3) is 0 Å². The van der Waals surface area contributed by atoms with Crippen molar-refractivity contribution < 1.29 is 22.8 Å². The van der Waals surface area contributed by atoms with Gasteiger partial charge in [0.15, 0.2) is 5.41 Å². The summed E-state index contributed by atoms with van der Waals surface area (Å²) in [6, 6.07) is -0.935. The molecule has 2 atom stereocenters. The standard InChI is InChI=1S/C13H20F3N3O2/c1-9(10(20)19-6-2-3-7-19)18-11(21)12(13(14,15)16)4-5-17-8-12/h9,17H,2-8H2,1H3,(H,18,21). The third kappa shape index (κ3) is 3.00. The van der Waals surface area contributed by atoms with E-state index in [0.717, 1.165) is 12.8 Å². The summed E-state index contributed by atoms with van der Waals surface area (Å²) in [5, 5.41) is 4.84. The summed E-state index contributed by atoms with van der Waals surface area (Å²) < 4.78 is 39.7. The quantitative estimate of drug-likeness (QED) is 0.805. The molecule has 21 heavy (non-hydrogen) atoms. The first-order valence-corrected chi connectivity index (χ1v) is 7.15. The molecule has 2 amide bonds. The Morgan fingerprint density at radius 1 is 1.29 bits per heavy atom. The third-order valence-corrected chi connectivity index (χ3v) is 4.27. The molecule has 8 heteroatoms. The molecule has 0 aromatic rings. The highest BCUT2D eigenvalue weighted by atomic mass is 19.4. The number of alkyl halides is 3. The van der Waals surface area contributed by atoms with Crippen LogP contribution in [0.15, 0.2) is 0 Å². The van der Waals surface area contributed by atoms with E-state index in [2.05, 4.69) is 10.6 Å². The second kappa shape index (κ2) is 5.82. The van der Waals surface area contributed by atoms with Crippen LogP contribution in [0.4, 0.5) is 13.2 Å². The Bertz CT molecular complexity index is 413. The highest BCUT2D eigenvalue weighted by Crippen LogP contribution is 2.43. The Kier molecular flexibility index (Phi) is 4.46. The Labute approximate surface area is 121 Å². The second-order valence-corrected chi connectivity index (χ2v) is 5.73. The molecule has 0 aromatic heterocycles. The van der Waals surface area contributed by atoms with E-state index in [1.165, 1.54) is 6.92 Å². The second-order valence-electron chi connectivity index (χ2n) is 5.73. The van der Waals surface area contributed by atoms with Gasteiger partial charge in [0.25, 0.3) is 0 Å². The van der Waals surface area contributed by atoms with Crippen LogP contribution in [0.2, 0.25) is 0 Å². The van der Waals surface area contributed by atoms with Gasteiger partial charge >= 0.3 is 6.18 Å². The molecule has 2 fully saturated rings. The number of halogens is 3. The molecule has 0 aromatic carbocycles. The minimum Gasteiger partial charge on any atom is -0.344 e. The van der Waals surface area contributed by atoms with Crippen molar-refractivity contribution in [2.24, 2.45) is 5.41 Å². The van der Waals surface area contributed by atoms with Crippen molar-refractivity contribution in [1.82, 2.24) is 15.5 Å². The van der Waals surface area contributed by atoms with Crippen LogP contribution < -0.4 is 10.6 Å². The third-order valence-electron chi connectivity index (χ3n) is 4.27. The van der Waals surface area contributed by atoms with Crippen LogP contribution in [0.1, 0.15) is 26.2 Å². The van der Waals surface area contributed by atoms with Gasteiger partial charge in [-0.15, -0.1) is 0 Å². The van der Waals surface area contributed by atoms with Crippen LogP contribution in [-0.2, 0) is 9.59 Å². The highest BCUT2D eigenvalue weighted by molar-refractivity contribution is 5.90. The van der Waals surface area contributed by atoms with Gasteiger partial charge < -0.3 is 15.5 Å². The minimum atomic E-state index is -4.63. The van der Waals surface area contributed by atoms with Crippen LogP contribution in [0.5, 0.6) is 0 Å². The van der Waals surface area contributed by atoms with E-state index >= 15 is 0 Å². The number of carbonyl (C=O) groups excluding carboxylic acids is 2. The molecule has 2 saturated heterocycles. The molecule has 2 aliphatic heterocycles. The molecule has 0 radical (unpaired) electrons. The number of carbonyl (C=O) groups is 2. The van der Waals surface area contributed by atoms with Gasteiger partial charge in [0.1, 0.15) is 6.04 Å². The molecule has 2 unspecified atom stereocenters. The smallest absolute Gasteiger partial charge is 0.344 e. The fourth-order valence-corrected chi connectivity index (χ4v) is 2.86. The normalized spacial score (nSPS) is 27.7. The zero-order chi connectivity index (χ0) is 15.7. The van der Waals surface area contributed by atoms with Gasteiger partial charge in [-0.05, 0) is 32.7 Å². The summed E-state index contributed by atoms with van der Waals surface area (Å²) >= 11 is 0. The number of hydrogen-bond donors (Lipinski definition) is 2. The summed E-state index contributed by atoms with van der Waals surface area (Å²) in [7, 11) is 0. The molecule has 2 heterocycles. The van der Waals surface area contributed by atoms with Crippen molar-refractivity contribution in [2.75, 3.05) is 26.2 Å². The van der Waals surface area contributed by atoms with E-state index in [1.807, 2.05) is 0 Å². The molecule has 0 aliphatic carbocycles. The van der Waals surface area contributed by atoms with E-state index < -0.39 is 30.1 Å². The maximum absolute atomic E-state index is 13.2. The van der Waals surface area contributed by atoms with E-state index in [1.54, 1.807) is 4.90 Å². The topological polar surface area (TPSA) is 61.4 Å². The van der Waals surface area contributed by atoms with Gasteiger partial charge in [-0.25, -0.2) is 0 Å². The molecule has 2 rings (SSSR count). The molecule has 0 saturated carbocycles. The fourth-order valence-electron chi connectivity index (χ4n) is 2.86. The van der Waals surface area contributed by atoms with E-state index in [0.29, 0.717) is 13.1 Å². The number of amides is 2. The average Bonchev–Trinajstić information content (AvgIpc) is 3.08. The van der Waals surface area contributed by atoms with Crippen molar-refractivity contribution in [1.29, 1.82) is 0 Å². The first kappa shape index (κ1) is 16.1. The SMILES string of the molecule is CC(NC(=O)C1(C(F)(F)F)CCNC1)C(=O)N1CCCC1. The van der Waals surface area contributed by atoms with E-state index in [-0.39, 0.29) is 18.9 Å². The van der Waals surface area contributed by atoms with Gasteiger partial charge in [-0.3, -0.25) is 9.59 Å². The van der Waals surface area contributed by atoms with Crippen molar-refractivity contribution in [3.8, 4) is 0 Å². The van der Waals surface area contributed by atoms with E-state index in [4.69, 9.17) is 0 Å². The van der Waals surface area contributed by atoms with Crippen LogP contribution in [-0.4, -0.2) is 55.1 Å². The van der Waals surface area contributed by atoms with Crippen molar-refractivity contribution in [3.63, 3.8) is 0 Å². The lowest BCUT2D eigenvalue weighted by Gasteiger charge is -2.31. The summed E-state index contributed by atoms with van der Waals surface area (Å²) in [6.45, 7) is 2.34. The summed E-state index contributed by atoms with van der Waals surface area (Å²) in [5.41, 5.74) is -2.42. The monoisotopic (exact) mass is 307 g/mol.